The Bertz CT molecular complexity index is 1440. The number of anilines is 2. The average molecular weight is 479 g/mol. The standard InChI is InChI=1S/C23H22N6O4S/c1-15-13-19(27-17(3)30)7-10-21(15)34(31,32)28-18-5-8-20(9-6-18)33-23-14-22(25-16(2)26-23)29-12-4-11-24-29/h4-14,28H,1-3H3,(H,27,30). The SMILES string of the molecule is CC(=O)Nc1ccc(S(=O)(=O)Nc2ccc(Oc3cc(-n4cccn4)nc(C)n3)cc2)c(C)c1. The summed E-state index contributed by atoms with van der Waals surface area (Å²) in [5, 5.41) is 6.79. The first-order valence-corrected chi connectivity index (χ1v) is 11.7. The van der Waals surface area contributed by atoms with Gasteiger partial charge in [-0.15, -0.1) is 0 Å². The van der Waals surface area contributed by atoms with Gasteiger partial charge in [-0.1, -0.05) is 0 Å². The van der Waals surface area contributed by atoms with Crippen molar-refractivity contribution in [3.8, 4) is 17.4 Å². The van der Waals surface area contributed by atoms with Crippen LogP contribution in [0, 0.1) is 13.8 Å². The zero-order valence-electron chi connectivity index (χ0n) is 18.7. The van der Waals surface area contributed by atoms with Gasteiger partial charge in [0.15, 0.2) is 5.82 Å². The maximum absolute atomic E-state index is 12.9. The molecular formula is C23H22N6O4S. The highest BCUT2D eigenvalue weighted by Gasteiger charge is 2.17. The van der Waals surface area contributed by atoms with Crippen molar-refractivity contribution in [2.45, 2.75) is 25.7 Å². The van der Waals surface area contributed by atoms with E-state index in [0.29, 0.717) is 40.2 Å². The first-order chi connectivity index (χ1) is 16.2. The Labute approximate surface area is 196 Å². The van der Waals surface area contributed by atoms with E-state index in [9.17, 15) is 13.2 Å². The van der Waals surface area contributed by atoms with Gasteiger partial charge in [-0.2, -0.15) is 10.1 Å². The van der Waals surface area contributed by atoms with E-state index >= 15 is 0 Å². The van der Waals surface area contributed by atoms with Crippen LogP contribution in [0.25, 0.3) is 5.82 Å². The number of rotatable bonds is 7. The molecule has 0 fully saturated rings. The molecule has 2 aromatic heterocycles. The number of amides is 1. The quantitative estimate of drug-likeness (QED) is 0.413. The molecule has 0 atom stereocenters. The maximum atomic E-state index is 12.9. The molecule has 2 heterocycles. The Morgan fingerprint density at radius 3 is 2.38 bits per heavy atom. The van der Waals surface area contributed by atoms with E-state index in [1.807, 2.05) is 0 Å². The molecule has 1 amide bonds. The Hall–Kier alpha value is -4.25. The number of hydrogen-bond donors (Lipinski definition) is 2. The monoisotopic (exact) mass is 478 g/mol. The molecule has 0 aliphatic carbocycles. The van der Waals surface area contributed by atoms with Crippen molar-refractivity contribution in [3.05, 3.63) is 78.4 Å². The van der Waals surface area contributed by atoms with Gasteiger partial charge in [0.25, 0.3) is 10.0 Å². The summed E-state index contributed by atoms with van der Waals surface area (Å²) in [6.45, 7) is 4.81. The second kappa shape index (κ2) is 9.32. The van der Waals surface area contributed by atoms with Crippen LogP contribution in [0.1, 0.15) is 18.3 Å². The third-order valence-electron chi connectivity index (χ3n) is 4.65. The second-order valence-corrected chi connectivity index (χ2v) is 9.11. The lowest BCUT2D eigenvalue weighted by Gasteiger charge is -2.13. The lowest BCUT2D eigenvalue weighted by atomic mass is 10.2. The lowest BCUT2D eigenvalue weighted by molar-refractivity contribution is -0.114. The highest BCUT2D eigenvalue weighted by molar-refractivity contribution is 7.92. The largest absolute Gasteiger partial charge is 0.439 e. The number of hydrogen-bond acceptors (Lipinski definition) is 7. The lowest BCUT2D eigenvalue weighted by Crippen LogP contribution is -2.14. The molecule has 11 heteroatoms. The molecule has 0 saturated heterocycles. The summed E-state index contributed by atoms with van der Waals surface area (Å²) in [6, 6.07) is 14.5. The molecule has 0 unspecified atom stereocenters. The summed E-state index contributed by atoms with van der Waals surface area (Å²) in [5.74, 6) is 1.67. The van der Waals surface area contributed by atoms with Crippen molar-refractivity contribution in [1.82, 2.24) is 19.7 Å². The molecular weight excluding hydrogens is 456 g/mol. The number of aryl methyl sites for hydroxylation is 2. The van der Waals surface area contributed by atoms with Crippen LogP contribution in [0.2, 0.25) is 0 Å². The minimum Gasteiger partial charge on any atom is -0.439 e. The van der Waals surface area contributed by atoms with Gasteiger partial charge in [-0.3, -0.25) is 9.52 Å². The molecule has 0 saturated carbocycles. The second-order valence-electron chi connectivity index (χ2n) is 7.46. The van der Waals surface area contributed by atoms with E-state index in [1.165, 1.54) is 13.0 Å². The van der Waals surface area contributed by atoms with E-state index in [-0.39, 0.29) is 10.8 Å². The van der Waals surface area contributed by atoms with Crippen LogP contribution in [-0.4, -0.2) is 34.1 Å². The smallest absolute Gasteiger partial charge is 0.262 e. The molecule has 4 rings (SSSR count). The van der Waals surface area contributed by atoms with Gasteiger partial charge in [-0.05, 0) is 67.9 Å². The van der Waals surface area contributed by atoms with Crippen LogP contribution < -0.4 is 14.8 Å². The highest BCUT2D eigenvalue weighted by Crippen LogP contribution is 2.26. The van der Waals surface area contributed by atoms with Crippen LogP contribution in [0.15, 0.2) is 71.9 Å². The van der Waals surface area contributed by atoms with Crippen molar-refractivity contribution in [2.75, 3.05) is 10.0 Å². The first-order valence-electron chi connectivity index (χ1n) is 10.2. The molecule has 0 aliphatic rings. The van der Waals surface area contributed by atoms with Crippen molar-refractivity contribution < 1.29 is 17.9 Å². The highest BCUT2D eigenvalue weighted by atomic mass is 32.2. The fraction of sp³-hybridized carbons (Fsp3) is 0.130. The molecule has 10 nitrogen and oxygen atoms in total. The van der Waals surface area contributed by atoms with Gasteiger partial charge in [0, 0.05) is 36.8 Å². The van der Waals surface area contributed by atoms with E-state index in [0.717, 1.165) is 0 Å². The normalized spacial score (nSPS) is 11.1. The topological polar surface area (TPSA) is 128 Å². The first kappa shape index (κ1) is 22.9. The number of nitrogens with zero attached hydrogens (tertiary/aromatic N) is 4. The van der Waals surface area contributed by atoms with E-state index < -0.39 is 10.0 Å². The summed E-state index contributed by atoms with van der Waals surface area (Å²) in [6.07, 6.45) is 3.41. The molecule has 34 heavy (non-hydrogen) atoms. The summed E-state index contributed by atoms with van der Waals surface area (Å²) in [5.41, 5.74) is 1.40. The molecule has 0 bridgehead atoms. The number of carbonyl (C=O) groups excluding carboxylic acids is 1. The molecule has 2 N–H and O–H groups in total. The van der Waals surface area contributed by atoms with Crippen LogP contribution in [-0.2, 0) is 14.8 Å². The fourth-order valence-electron chi connectivity index (χ4n) is 3.25. The van der Waals surface area contributed by atoms with Crippen LogP contribution in [0.4, 0.5) is 11.4 Å². The van der Waals surface area contributed by atoms with Gasteiger partial charge in [0.1, 0.15) is 11.6 Å². The predicted molar refractivity (Wildman–Crippen MR) is 127 cm³/mol. The summed E-state index contributed by atoms with van der Waals surface area (Å²) >= 11 is 0. The number of ether oxygens (including phenoxy) is 1. The van der Waals surface area contributed by atoms with Gasteiger partial charge in [-0.25, -0.2) is 18.1 Å². The number of aromatic nitrogens is 4. The fourth-order valence-corrected chi connectivity index (χ4v) is 4.54. The maximum Gasteiger partial charge on any atom is 0.262 e. The van der Waals surface area contributed by atoms with Crippen LogP contribution in [0.3, 0.4) is 0 Å². The van der Waals surface area contributed by atoms with E-state index in [1.54, 1.807) is 79.5 Å². The predicted octanol–water partition coefficient (Wildman–Crippen LogP) is 3.83. The van der Waals surface area contributed by atoms with E-state index in [4.69, 9.17) is 4.74 Å². The van der Waals surface area contributed by atoms with Crippen molar-refractivity contribution in [2.24, 2.45) is 0 Å². The third kappa shape index (κ3) is 5.38. The van der Waals surface area contributed by atoms with Gasteiger partial charge in [0.2, 0.25) is 11.8 Å². The summed E-state index contributed by atoms with van der Waals surface area (Å²) < 4.78 is 35.7. The van der Waals surface area contributed by atoms with Crippen molar-refractivity contribution in [3.63, 3.8) is 0 Å². The summed E-state index contributed by atoms with van der Waals surface area (Å²) in [4.78, 5) is 20.0. The zero-order chi connectivity index (χ0) is 24.3. The average Bonchev–Trinajstić information content (AvgIpc) is 3.29. The molecule has 4 aromatic rings. The Morgan fingerprint density at radius 1 is 1.00 bits per heavy atom. The molecule has 2 aromatic carbocycles. The molecule has 0 spiro atoms. The number of sulfonamides is 1. The van der Waals surface area contributed by atoms with Gasteiger partial charge in [0.05, 0.1) is 4.90 Å². The summed E-state index contributed by atoms with van der Waals surface area (Å²) in [7, 11) is -3.83. The Balaban J connectivity index is 1.49. The Kier molecular flexibility index (Phi) is 6.28. The number of benzene rings is 2. The minimum absolute atomic E-state index is 0.115. The van der Waals surface area contributed by atoms with Crippen molar-refractivity contribution >= 4 is 27.3 Å². The van der Waals surface area contributed by atoms with E-state index in [2.05, 4.69) is 25.1 Å². The molecule has 174 valence electrons. The van der Waals surface area contributed by atoms with Crippen molar-refractivity contribution in [1.29, 1.82) is 0 Å². The third-order valence-corrected chi connectivity index (χ3v) is 6.20. The van der Waals surface area contributed by atoms with Crippen LogP contribution in [0.5, 0.6) is 11.6 Å². The van der Waals surface area contributed by atoms with Crippen LogP contribution >= 0.6 is 0 Å². The molecule has 0 aliphatic heterocycles. The number of nitrogens with one attached hydrogen (secondary N) is 2. The number of carbonyl (C=O) groups is 1. The Morgan fingerprint density at radius 2 is 1.74 bits per heavy atom. The zero-order valence-corrected chi connectivity index (χ0v) is 19.5. The van der Waals surface area contributed by atoms with Gasteiger partial charge < -0.3 is 10.1 Å². The molecule has 0 radical (unpaired) electrons. The van der Waals surface area contributed by atoms with Gasteiger partial charge >= 0.3 is 0 Å². The minimum atomic E-state index is -3.83.